The molecule has 0 spiro atoms. The number of piperazine rings is 1. The minimum Gasteiger partial charge on any atom is -0.501 e. The second kappa shape index (κ2) is 10.0. The summed E-state index contributed by atoms with van der Waals surface area (Å²) in [5, 5.41) is 13.2. The molecule has 1 aromatic heterocycles. The van der Waals surface area contributed by atoms with Crippen LogP contribution in [-0.2, 0) is 28.2 Å². The van der Waals surface area contributed by atoms with Crippen LogP contribution < -0.4 is 15.8 Å². The van der Waals surface area contributed by atoms with E-state index in [1.165, 1.54) is 4.57 Å². The number of carbonyl (C=O) groups is 2. The lowest BCUT2D eigenvalue weighted by atomic mass is 10.1. The Balaban J connectivity index is 1.46. The number of para-hydroxylation sites is 1. The molecule has 0 radical (unpaired) electrons. The molecule has 2 N–H and O–H groups in total. The number of hydrogen-bond donors (Lipinski definition) is 2. The summed E-state index contributed by atoms with van der Waals surface area (Å²) in [5.41, 5.74) is -0.598. The minimum atomic E-state index is -0.867. The SMILES string of the molecule is CC(C)(C)OC(=O)N1CCN(c2ccccc2CNC(=O)c2nc3n(c(=O)c2O)CCOC3(C)C)CC1. The van der Waals surface area contributed by atoms with E-state index < -0.39 is 28.4 Å². The largest absolute Gasteiger partial charge is 0.501 e. The van der Waals surface area contributed by atoms with Crippen LogP contribution in [0.3, 0.4) is 0 Å². The zero-order valence-electron chi connectivity index (χ0n) is 22.0. The number of ether oxygens (including phenoxy) is 2. The van der Waals surface area contributed by atoms with E-state index in [-0.39, 0.29) is 24.9 Å². The van der Waals surface area contributed by atoms with Crippen LogP contribution in [0.5, 0.6) is 5.75 Å². The molecule has 0 bridgehead atoms. The summed E-state index contributed by atoms with van der Waals surface area (Å²) in [7, 11) is 0. The van der Waals surface area contributed by atoms with Gasteiger partial charge in [0.25, 0.3) is 11.5 Å². The van der Waals surface area contributed by atoms with Crippen LogP contribution in [0.1, 0.15) is 56.5 Å². The predicted octanol–water partition coefficient (Wildman–Crippen LogP) is 2.20. The molecule has 11 nitrogen and oxygen atoms in total. The number of anilines is 1. The van der Waals surface area contributed by atoms with Gasteiger partial charge in [0.15, 0.2) is 5.69 Å². The molecule has 11 heteroatoms. The van der Waals surface area contributed by atoms with Crippen molar-refractivity contribution in [2.75, 3.05) is 37.7 Å². The molecule has 0 atom stereocenters. The van der Waals surface area contributed by atoms with Crippen LogP contribution in [0.2, 0.25) is 0 Å². The van der Waals surface area contributed by atoms with Gasteiger partial charge in [-0.15, -0.1) is 0 Å². The number of aromatic nitrogens is 2. The Hall–Kier alpha value is -3.60. The number of fused-ring (bicyclic) bond motifs is 1. The van der Waals surface area contributed by atoms with Gasteiger partial charge in [0, 0.05) is 38.4 Å². The summed E-state index contributed by atoms with van der Waals surface area (Å²) in [6.07, 6.45) is -0.325. The van der Waals surface area contributed by atoms with Gasteiger partial charge in [-0.25, -0.2) is 9.78 Å². The molecule has 0 saturated carbocycles. The lowest BCUT2D eigenvalue weighted by Crippen LogP contribution is -2.50. The van der Waals surface area contributed by atoms with Gasteiger partial charge in [-0.2, -0.15) is 0 Å². The fraction of sp³-hybridized carbons (Fsp3) is 0.538. The molecular weight excluding hydrogens is 478 g/mol. The number of nitrogens with one attached hydrogen (secondary N) is 1. The van der Waals surface area contributed by atoms with E-state index in [2.05, 4.69) is 15.2 Å². The van der Waals surface area contributed by atoms with Crippen molar-refractivity contribution in [2.24, 2.45) is 0 Å². The van der Waals surface area contributed by atoms with Crippen LogP contribution in [0.4, 0.5) is 10.5 Å². The van der Waals surface area contributed by atoms with Gasteiger partial charge in [0.2, 0.25) is 5.75 Å². The average molecular weight is 514 g/mol. The molecule has 1 fully saturated rings. The molecule has 1 aromatic carbocycles. The number of rotatable bonds is 4. The van der Waals surface area contributed by atoms with E-state index in [9.17, 15) is 19.5 Å². The average Bonchev–Trinajstić information content (AvgIpc) is 2.84. The fourth-order valence-corrected chi connectivity index (χ4v) is 4.51. The van der Waals surface area contributed by atoms with E-state index in [4.69, 9.17) is 9.47 Å². The number of nitrogens with zero attached hydrogens (tertiary/aromatic N) is 4. The highest BCUT2D eigenvalue weighted by molar-refractivity contribution is 5.94. The lowest BCUT2D eigenvalue weighted by Gasteiger charge is -2.37. The molecular formula is C26H35N5O6. The number of aromatic hydroxyl groups is 1. The maximum absolute atomic E-state index is 13.0. The van der Waals surface area contributed by atoms with Gasteiger partial charge in [-0.1, -0.05) is 18.2 Å². The molecule has 200 valence electrons. The van der Waals surface area contributed by atoms with Crippen molar-refractivity contribution < 1.29 is 24.2 Å². The topological polar surface area (TPSA) is 126 Å². The summed E-state index contributed by atoms with van der Waals surface area (Å²) in [6, 6.07) is 7.66. The maximum Gasteiger partial charge on any atom is 0.410 e. The summed E-state index contributed by atoms with van der Waals surface area (Å²) < 4.78 is 12.5. The highest BCUT2D eigenvalue weighted by atomic mass is 16.6. The summed E-state index contributed by atoms with van der Waals surface area (Å²) in [5.74, 6) is -1.02. The lowest BCUT2D eigenvalue weighted by molar-refractivity contribution is -0.0566. The van der Waals surface area contributed by atoms with E-state index in [0.29, 0.717) is 38.6 Å². The van der Waals surface area contributed by atoms with Crippen molar-refractivity contribution in [1.29, 1.82) is 0 Å². The van der Waals surface area contributed by atoms with Crippen LogP contribution in [-0.4, -0.2) is 69.9 Å². The zero-order valence-corrected chi connectivity index (χ0v) is 22.0. The molecule has 3 heterocycles. The molecule has 4 rings (SSSR count). The molecule has 2 aliphatic rings. The standard InChI is InChI=1S/C26H35N5O6/c1-25(2,3)37-24(35)30-12-10-29(11-13-30)18-9-7-6-8-17(18)16-27-21(33)19-20(32)22(34)31-14-15-36-26(4,5)23(31)28-19/h6-9,32H,10-16H2,1-5H3,(H,27,33). The van der Waals surface area contributed by atoms with E-state index in [0.717, 1.165) is 11.3 Å². The van der Waals surface area contributed by atoms with Crippen LogP contribution in [0.15, 0.2) is 29.1 Å². The van der Waals surface area contributed by atoms with Gasteiger partial charge in [-0.05, 0) is 46.2 Å². The second-order valence-electron chi connectivity index (χ2n) is 10.7. The highest BCUT2D eigenvalue weighted by Crippen LogP contribution is 2.28. The van der Waals surface area contributed by atoms with Gasteiger partial charge >= 0.3 is 6.09 Å². The Morgan fingerprint density at radius 2 is 1.81 bits per heavy atom. The minimum absolute atomic E-state index is 0.167. The smallest absolute Gasteiger partial charge is 0.410 e. The monoisotopic (exact) mass is 513 g/mol. The first-order chi connectivity index (χ1) is 17.4. The van der Waals surface area contributed by atoms with E-state index in [1.807, 2.05) is 45.0 Å². The number of hydrogen-bond acceptors (Lipinski definition) is 8. The van der Waals surface area contributed by atoms with E-state index >= 15 is 0 Å². The van der Waals surface area contributed by atoms with Gasteiger partial charge < -0.3 is 29.7 Å². The quantitative estimate of drug-likeness (QED) is 0.637. The molecule has 2 amide bonds. The molecule has 1 saturated heterocycles. The molecule has 2 aromatic rings. The van der Waals surface area contributed by atoms with Crippen molar-refractivity contribution in [2.45, 2.75) is 58.9 Å². The number of benzene rings is 1. The van der Waals surface area contributed by atoms with Crippen LogP contribution in [0, 0.1) is 0 Å². The first-order valence-electron chi connectivity index (χ1n) is 12.4. The third kappa shape index (κ3) is 5.71. The van der Waals surface area contributed by atoms with Crippen molar-refractivity contribution in [3.63, 3.8) is 0 Å². The molecule has 0 aliphatic carbocycles. The third-order valence-electron chi connectivity index (χ3n) is 6.38. The van der Waals surface area contributed by atoms with Crippen LogP contribution >= 0.6 is 0 Å². The molecule has 0 unspecified atom stereocenters. The molecule has 37 heavy (non-hydrogen) atoms. The Bertz CT molecular complexity index is 1240. The predicted molar refractivity (Wildman–Crippen MR) is 137 cm³/mol. The first-order valence-corrected chi connectivity index (χ1v) is 12.4. The Labute approximate surface area is 216 Å². The molecule has 2 aliphatic heterocycles. The van der Waals surface area contributed by atoms with Crippen molar-refractivity contribution >= 4 is 17.7 Å². The fourth-order valence-electron chi connectivity index (χ4n) is 4.51. The summed E-state index contributed by atoms with van der Waals surface area (Å²) >= 11 is 0. The normalized spacial score (nSPS) is 17.2. The van der Waals surface area contributed by atoms with Crippen molar-refractivity contribution in [3.05, 3.63) is 51.7 Å². The number of amides is 2. The third-order valence-corrected chi connectivity index (χ3v) is 6.38. The van der Waals surface area contributed by atoms with Crippen molar-refractivity contribution in [3.8, 4) is 5.75 Å². The van der Waals surface area contributed by atoms with Gasteiger partial charge in [-0.3, -0.25) is 14.2 Å². The van der Waals surface area contributed by atoms with Crippen molar-refractivity contribution in [1.82, 2.24) is 19.8 Å². The summed E-state index contributed by atoms with van der Waals surface area (Å²) in [6.45, 7) is 12.1. The second-order valence-corrected chi connectivity index (χ2v) is 10.7. The van der Waals surface area contributed by atoms with Gasteiger partial charge in [0.1, 0.15) is 17.0 Å². The first kappa shape index (κ1) is 26.5. The summed E-state index contributed by atoms with van der Waals surface area (Å²) in [4.78, 5) is 46.3. The Kier molecular flexibility index (Phi) is 7.18. The van der Waals surface area contributed by atoms with Gasteiger partial charge in [0.05, 0.1) is 13.2 Å². The highest BCUT2D eigenvalue weighted by Gasteiger charge is 2.34. The Morgan fingerprint density at radius 3 is 2.49 bits per heavy atom. The number of carbonyl (C=O) groups excluding carboxylic acids is 2. The maximum atomic E-state index is 13.0. The zero-order chi connectivity index (χ0) is 27.0. The van der Waals surface area contributed by atoms with E-state index in [1.54, 1.807) is 18.7 Å². The Morgan fingerprint density at radius 1 is 1.14 bits per heavy atom. The van der Waals surface area contributed by atoms with Crippen LogP contribution in [0.25, 0.3) is 0 Å².